The van der Waals surface area contributed by atoms with Gasteiger partial charge in [-0.15, -0.1) is 0 Å². The summed E-state index contributed by atoms with van der Waals surface area (Å²) in [7, 11) is 0. The number of aromatic amines is 1. The van der Waals surface area contributed by atoms with E-state index in [2.05, 4.69) is 48.5 Å². The van der Waals surface area contributed by atoms with Gasteiger partial charge < -0.3 is 25.6 Å². The highest BCUT2D eigenvalue weighted by molar-refractivity contribution is 5.81. The second-order valence-corrected chi connectivity index (χ2v) is 7.65. The quantitative estimate of drug-likeness (QED) is 0.615. The molecule has 0 bridgehead atoms. The van der Waals surface area contributed by atoms with Crippen LogP contribution < -0.4 is 20.9 Å². The molecule has 9 nitrogen and oxygen atoms in total. The summed E-state index contributed by atoms with van der Waals surface area (Å²) in [5, 5.41) is 11.9. The van der Waals surface area contributed by atoms with Gasteiger partial charge in [0.2, 0.25) is 5.95 Å². The van der Waals surface area contributed by atoms with Crippen molar-refractivity contribution in [2.24, 2.45) is 0 Å². The minimum Gasteiger partial charge on any atom is -0.383 e. The Morgan fingerprint density at radius 2 is 2.00 bits per heavy atom. The van der Waals surface area contributed by atoms with E-state index < -0.39 is 0 Å². The first kappa shape index (κ1) is 18.0. The number of hydrogen-bond acceptors (Lipinski definition) is 8. The zero-order valence-electron chi connectivity index (χ0n) is 16.3. The molecule has 3 aromatic rings. The number of nitrogens with two attached hydrogens (primary N) is 1. The van der Waals surface area contributed by atoms with E-state index in [1.807, 2.05) is 12.3 Å². The molecule has 5 rings (SSSR count). The smallest absolute Gasteiger partial charge is 0.229 e. The third-order valence-electron chi connectivity index (χ3n) is 5.57. The number of nitrogens with one attached hydrogen (secondary N) is 2. The first-order chi connectivity index (χ1) is 14.2. The lowest BCUT2D eigenvalue weighted by molar-refractivity contribution is 0.122. The Morgan fingerprint density at radius 3 is 2.90 bits per heavy atom. The molecule has 0 aliphatic carbocycles. The average Bonchev–Trinajstić information content (AvgIpc) is 3.22. The van der Waals surface area contributed by atoms with Crippen LogP contribution in [0, 0.1) is 0 Å². The fourth-order valence-electron chi connectivity index (χ4n) is 4.08. The van der Waals surface area contributed by atoms with E-state index in [-0.39, 0.29) is 0 Å². The number of piperidine rings is 1. The SMILES string of the molecule is Nc1cc(N2CCOCC2)nc(N2CCCC(Nc3ccc4[nH]ncc4c3)C2)n1. The first-order valence-electron chi connectivity index (χ1n) is 10.2. The summed E-state index contributed by atoms with van der Waals surface area (Å²) < 4.78 is 5.45. The summed E-state index contributed by atoms with van der Waals surface area (Å²) in [5.41, 5.74) is 8.26. The summed E-state index contributed by atoms with van der Waals surface area (Å²) in [6.07, 6.45) is 4.04. The number of anilines is 4. The van der Waals surface area contributed by atoms with Crippen LogP contribution in [-0.4, -0.2) is 65.6 Å². The van der Waals surface area contributed by atoms with Gasteiger partial charge >= 0.3 is 0 Å². The summed E-state index contributed by atoms with van der Waals surface area (Å²) >= 11 is 0. The van der Waals surface area contributed by atoms with Crippen LogP contribution in [0.4, 0.5) is 23.3 Å². The van der Waals surface area contributed by atoms with Gasteiger partial charge in [0.05, 0.1) is 24.9 Å². The summed E-state index contributed by atoms with van der Waals surface area (Å²) in [6.45, 7) is 4.87. The van der Waals surface area contributed by atoms with Gasteiger partial charge in [-0.25, -0.2) is 0 Å². The molecule has 1 atom stereocenters. The first-order valence-corrected chi connectivity index (χ1v) is 10.2. The maximum atomic E-state index is 6.11. The van der Waals surface area contributed by atoms with E-state index in [0.717, 1.165) is 74.6 Å². The molecule has 2 saturated heterocycles. The summed E-state index contributed by atoms with van der Waals surface area (Å²) in [6, 6.07) is 8.46. The van der Waals surface area contributed by atoms with Crippen LogP contribution in [0.15, 0.2) is 30.5 Å². The minimum absolute atomic E-state index is 0.324. The number of morpholine rings is 1. The largest absolute Gasteiger partial charge is 0.383 e. The lowest BCUT2D eigenvalue weighted by Gasteiger charge is -2.34. The van der Waals surface area contributed by atoms with Crippen molar-refractivity contribution >= 4 is 34.2 Å². The Morgan fingerprint density at radius 1 is 1.10 bits per heavy atom. The molecular formula is C20H26N8O. The number of nitrogen functional groups attached to an aromatic ring is 1. The van der Waals surface area contributed by atoms with Gasteiger partial charge in [0.15, 0.2) is 0 Å². The average molecular weight is 394 g/mol. The molecule has 2 aliphatic heterocycles. The van der Waals surface area contributed by atoms with Crippen LogP contribution in [0.1, 0.15) is 12.8 Å². The highest BCUT2D eigenvalue weighted by Crippen LogP contribution is 2.24. The fourth-order valence-corrected chi connectivity index (χ4v) is 4.08. The molecule has 0 saturated carbocycles. The van der Waals surface area contributed by atoms with Crippen molar-refractivity contribution in [2.75, 3.05) is 60.2 Å². The van der Waals surface area contributed by atoms with Crippen LogP contribution >= 0.6 is 0 Å². The zero-order valence-corrected chi connectivity index (χ0v) is 16.3. The Labute approximate surface area is 169 Å². The van der Waals surface area contributed by atoms with Crippen molar-refractivity contribution in [2.45, 2.75) is 18.9 Å². The molecule has 2 aliphatic rings. The van der Waals surface area contributed by atoms with Gasteiger partial charge in [0.25, 0.3) is 0 Å². The van der Waals surface area contributed by atoms with Crippen LogP contribution in [-0.2, 0) is 4.74 Å². The van der Waals surface area contributed by atoms with Crippen molar-refractivity contribution in [1.82, 2.24) is 20.2 Å². The highest BCUT2D eigenvalue weighted by Gasteiger charge is 2.23. The Balaban J connectivity index is 1.31. The summed E-state index contributed by atoms with van der Waals surface area (Å²) in [5.74, 6) is 2.11. The molecule has 4 N–H and O–H groups in total. The molecule has 1 aromatic carbocycles. The Hall–Kier alpha value is -3.07. The normalized spacial score (nSPS) is 20.2. The van der Waals surface area contributed by atoms with Crippen molar-refractivity contribution in [3.05, 3.63) is 30.5 Å². The molecule has 0 spiro atoms. The molecule has 1 unspecified atom stereocenters. The second-order valence-electron chi connectivity index (χ2n) is 7.65. The number of hydrogen-bond donors (Lipinski definition) is 3. The van der Waals surface area contributed by atoms with Crippen molar-refractivity contribution in [3.63, 3.8) is 0 Å². The molecular weight excluding hydrogens is 368 g/mol. The standard InChI is InChI=1S/C20H26N8O/c21-18-11-19(27-6-8-29-9-7-27)25-20(24-18)28-5-1-2-16(13-28)23-15-3-4-17-14(10-15)12-22-26-17/h3-4,10-12,16,23H,1-2,5-9,13H2,(H,22,26)(H2,21,24,25). The topological polar surface area (TPSA) is 108 Å². The van der Waals surface area contributed by atoms with Gasteiger partial charge in [-0.1, -0.05) is 0 Å². The van der Waals surface area contributed by atoms with E-state index in [9.17, 15) is 0 Å². The number of fused-ring (bicyclic) bond motifs is 1. The molecule has 9 heteroatoms. The third-order valence-corrected chi connectivity index (χ3v) is 5.57. The van der Waals surface area contributed by atoms with Crippen molar-refractivity contribution in [3.8, 4) is 0 Å². The molecule has 152 valence electrons. The minimum atomic E-state index is 0.324. The Bertz CT molecular complexity index is 984. The van der Waals surface area contributed by atoms with Crippen LogP contribution in [0.2, 0.25) is 0 Å². The van der Waals surface area contributed by atoms with Crippen LogP contribution in [0.5, 0.6) is 0 Å². The molecule has 2 aromatic heterocycles. The van der Waals surface area contributed by atoms with Crippen molar-refractivity contribution in [1.29, 1.82) is 0 Å². The van der Waals surface area contributed by atoms with E-state index in [4.69, 9.17) is 15.5 Å². The molecule has 0 radical (unpaired) electrons. The van der Waals surface area contributed by atoms with Crippen LogP contribution in [0.3, 0.4) is 0 Å². The van der Waals surface area contributed by atoms with Gasteiger partial charge in [-0.05, 0) is 31.0 Å². The van der Waals surface area contributed by atoms with Gasteiger partial charge in [0.1, 0.15) is 11.6 Å². The number of H-pyrrole nitrogens is 1. The van der Waals surface area contributed by atoms with Gasteiger partial charge in [-0.2, -0.15) is 15.1 Å². The number of ether oxygens (including phenoxy) is 1. The molecule has 0 amide bonds. The van der Waals surface area contributed by atoms with E-state index in [1.165, 1.54) is 0 Å². The Kier molecular flexibility index (Phi) is 4.81. The van der Waals surface area contributed by atoms with Crippen molar-refractivity contribution < 1.29 is 4.74 Å². The number of rotatable bonds is 4. The zero-order chi connectivity index (χ0) is 19.6. The van der Waals surface area contributed by atoms with E-state index in [0.29, 0.717) is 17.8 Å². The third kappa shape index (κ3) is 3.91. The predicted octanol–water partition coefficient (Wildman–Crippen LogP) is 1.85. The number of nitrogens with zero attached hydrogens (tertiary/aromatic N) is 5. The second kappa shape index (κ2) is 7.75. The molecule has 29 heavy (non-hydrogen) atoms. The fraction of sp³-hybridized carbons (Fsp3) is 0.450. The molecule has 4 heterocycles. The monoisotopic (exact) mass is 394 g/mol. The van der Waals surface area contributed by atoms with Gasteiger partial charge in [0, 0.05) is 49.4 Å². The maximum absolute atomic E-state index is 6.11. The summed E-state index contributed by atoms with van der Waals surface area (Å²) in [4.78, 5) is 13.8. The highest BCUT2D eigenvalue weighted by atomic mass is 16.5. The number of aromatic nitrogens is 4. The van der Waals surface area contributed by atoms with E-state index >= 15 is 0 Å². The lowest BCUT2D eigenvalue weighted by Crippen LogP contribution is -2.43. The number of benzene rings is 1. The molecule has 2 fully saturated rings. The van der Waals surface area contributed by atoms with Crippen LogP contribution in [0.25, 0.3) is 10.9 Å². The maximum Gasteiger partial charge on any atom is 0.229 e. The van der Waals surface area contributed by atoms with Gasteiger partial charge in [-0.3, -0.25) is 5.10 Å². The lowest BCUT2D eigenvalue weighted by atomic mass is 10.1. The predicted molar refractivity (Wildman–Crippen MR) is 114 cm³/mol. The van der Waals surface area contributed by atoms with E-state index in [1.54, 1.807) is 0 Å².